The van der Waals surface area contributed by atoms with E-state index in [-0.39, 0.29) is 18.7 Å². The van der Waals surface area contributed by atoms with E-state index in [0.717, 1.165) is 16.5 Å². The lowest BCUT2D eigenvalue weighted by Gasteiger charge is -2.13. The van der Waals surface area contributed by atoms with Gasteiger partial charge in [0.05, 0.1) is 11.9 Å². The number of halogens is 1. The molecule has 0 aliphatic rings. The van der Waals surface area contributed by atoms with Gasteiger partial charge in [0.25, 0.3) is 0 Å². The first-order valence-corrected chi connectivity index (χ1v) is 9.88. The van der Waals surface area contributed by atoms with Crippen LogP contribution in [0, 0.1) is 0 Å². The third-order valence-electron chi connectivity index (χ3n) is 4.65. The van der Waals surface area contributed by atoms with E-state index in [4.69, 9.17) is 21.7 Å². The van der Waals surface area contributed by atoms with E-state index in [2.05, 4.69) is 20.6 Å². The lowest BCUT2D eigenvalue weighted by Crippen LogP contribution is -2.10. The van der Waals surface area contributed by atoms with E-state index >= 15 is 0 Å². The number of rotatable bonds is 7. The minimum Gasteiger partial charge on any atom is -0.481 e. The molecule has 4 rings (SSSR count). The number of carboxylic acid groups (broad SMARTS) is 1. The summed E-state index contributed by atoms with van der Waals surface area (Å²) in [5, 5.41) is 17.1. The number of carbonyl (C=O) groups is 2. The fourth-order valence-corrected chi connectivity index (χ4v) is 3.35. The maximum Gasteiger partial charge on any atom is 0.305 e. The number of anilines is 3. The normalized spacial score (nSPS) is 10.9. The maximum absolute atomic E-state index is 11.8. The minimum atomic E-state index is -0.912. The number of ketones is 1. The van der Waals surface area contributed by atoms with E-state index in [1.165, 1.54) is 6.92 Å². The number of aliphatic carboxylic acids is 1. The van der Waals surface area contributed by atoms with Crippen LogP contribution in [0.3, 0.4) is 0 Å². The van der Waals surface area contributed by atoms with Gasteiger partial charge in [0.15, 0.2) is 11.6 Å². The zero-order valence-corrected chi connectivity index (χ0v) is 17.3. The Hall–Kier alpha value is -3.78. The molecule has 0 unspecified atom stereocenters. The molecular formula is C22H18ClN5O3. The fourth-order valence-electron chi connectivity index (χ4n) is 3.16. The van der Waals surface area contributed by atoms with E-state index in [1.54, 1.807) is 30.5 Å². The summed E-state index contributed by atoms with van der Waals surface area (Å²) < 4.78 is 0. The third kappa shape index (κ3) is 4.54. The van der Waals surface area contributed by atoms with Crippen molar-refractivity contribution in [2.75, 3.05) is 17.2 Å². The highest BCUT2D eigenvalue weighted by atomic mass is 35.5. The molecular weight excluding hydrogens is 418 g/mol. The topological polar surface area (TPSA) is 117 Å². The quantitative estimate of drug-likeness (QED) is 0.283. The van der Waals surface area contributed by atoms with Crippen LogP contribution in [0.4, 0.5) is 17.5 Å². The lowest BCUT2D eigenvalue weighted by atomic mass is 10.1. The minimum absolute atomic E-state index is 0.0534. The van der Waals surface area contributed by atoms with Gasteiger partial charge in [-0.2, -0.15) is 0 Å². The van der Waals surface area contributed by atoms with Gasteiger partial charge in [-0.25, -0.2) is 15.0 Å². The molecule has 0 amide bonds. The molecule has 0 radical (unpaired) electrons. The van der Waals surface area contributed by atoms with Crippen molar-refractivity contribution >= 4 is 62.6 Å². The summed E-state index contributed by atoms with van der Waals surface area (Å²) in [4.78, 5) is 36.2. The number of hydrogen-bond donors (Lipinski definition) is 3. The van der Waals surface area contributed by atoms with E-state index in [0.29, 0.717) is 33.4 Å². The lowest BCUT2D eigenvalue weighted by molar-refractivity contribution is -0.136. The zero-order valence-electron chi connectivity index (χ0n) is 16.5. The number of pyridine rings is 1. The molecule has 31 heavy (non-hydrogen) atoms. The van der Waals surface area contributed by atoms with E-state index in [9.17, 15) is 9.59 Å². The summed E-state index contributed by atoms with van der Waals surface area (Å²) in [5.74, 6) is -0.202. The summed E-state index contributed by atoms with van der Waals surface area (Å²) in [7, 11) is 0. The van der Waals surface area contributed by atoms with Crippen LogP contribution in [-0.4, -0.2) is 38.4 Å². The van der Waals surface area contributed by atoms with Crippen molar-refractivity contribution in [1.29, 1.82) is 0 Å². The number of hydrogen-bond acceptors (Lipinski definition) is 7. The molecule has 0 saturated heterocycles. The Morgan fingerprint density at radius 2 is 1.94 bits per heavy atom. The van der Waals surface area contributed by atoms with Crippen LogP contribution in [0.5, 0.6) is 0 Å². The Morgan fingerprint density at radius 3 is 2.68 bits per heavy atom. The Morgan fingerprint density at radius 1 is 1.10 bits per heavy atom. The van der Waals surface area contributed by atoms with Crippen molar-refractivity contribution in [2.45, 2.75) is 13.3 Å². The number of fused-ring (bicyclic) bond motifs is 3. The number of nitrogens with one attached hydrogen (secondary N) is 2. The number of aromatic nitrogens is 3. The summed E-state index contributed by atoms with van der Waals surface area (Å²) in [5.41, 5.74) is 2.46. The molecule has 0 aliphatic carbocycles. The molecule has 2 aromatic carbocycles. The van der Waals surface area contributed by atoms with Gasteiger partial charge in [-0.05, 0) is 31.2 Å². The van der Waals surface area contributed by atoms with Crippen LogP contribution in [0.25, 0.3) is 21.8 Å². The molecule has 0 atom stereocenters. The monoisotopic (exact) mass is 435 g/mol. The summed E-state index contributed by atoms with van der Waals surface area (Å²) in [6.07, 6.45) is 1.60. The molecule has 0 bridgehead atoms. The first-order valence-electron chi connectivity index (χ1n) is 9.50. The maximum atomic E-state index is 11.8. The largest absolute Gasteiger partial charge is 0.481 e. The Balaban J connectivity index is 1.85. The number of carbonyl (C=O) groups excluding carboxylic acids is 1. The van der Waals surface area contributed by atoms with Gasteiger partial charge in [0.2, 0.25) is 5.95 Å². The van der Waals surface area contributed by atoms with Gasteiger partial charge in [0, 0.05) is 39.8 Å². The van der Waals surface area contributed by atoms with Gasteiger partial charge in [-0.3, -0.25) is 9.59 Å². The first kappa shape index (κ1) is 20.5. The number of carboxylic acids is 1. The van der Waals surface area contributed by atoms with E-state index in [1.807, 2.05) is 18.2 Å². The second-order valence-corrected chi connectivity index (χ2v) is 7.35. The fraction of sp³-hybridized carbons (Fsp3) is 0.136. The smallest absolute Gasteiger partial charge is 0.305 e. The molecule has 2 heterocycles. The molecule has 0 fully saturated rings. The van der Waals surface area contributed by atoms with Crippen molar-refractivity contribution in [3.05, 3.63) is 59.2 Å². The van der Waals surface area contributed by atoms with Crippen molar-refractivity contribution in [1.82, 2.24) is 15.0 Å². The molecule has 9 heteroatoms. The summed E-state index contributed by atoms with van der Waals surface area (Å²) in [6.45, 7) is 1.70. The summed E-state index contributed by atoms with van der Waals surface area (Å²) >= 11 is 6.11. The summed E-state index contributed by atoms with van der Waals surface area (Å²) in [6, 6.07) is 12.5. The van der Waals surface area contributed by atoms with Crippen LogP contribution in [0.2, 0.25) is 5.02 Å². The van der Waals surface area contributed by atoms with Gasteiger partial charge in [-0.15, -0.1) is 0 Å². The molecule has 2 aromatic heterocycles. The molecule has 0 saturated carbocycles. The van der Waals surface area contributed by atoms with Gasteiger partial charge < -0.3 is 15.7 Å². The third-order valence-corrected chi connectivity index (χ3v) is 4.88. The van der Waals surface area contributed by atoms with Gasteiger partial charge in [0.1, 0.15) is 5.52 Å². The highest BCUT2D eigenvalue weighted by Crippen LogP contribution is 2.31. The molecule has 0 aliphatic heterocycles. The standard InChI is InChI=1S/C22H18ClN5O3/c1-12(29)13-5-6-16-17-11-25-22(24-8-7-19(30)31)28-20(17)21(27-18(16)9-13)26-15-4-2-3-14(23)10-15/h2-6,9-11H,7-8H2,1H3,(H,26,27)(H,30,31)(H,24,25,28). The predicted octanol–water partition coefficient (Wildman–Crippen LogP) is 4.66. The Labute approximate surface area is 182 Å². The predicted molar refractivity (Wildman–Crippen MR) is 120 cm³/mol. The van der Waals surface area contributed by atoms with Gasteiger partial charge in [-0.1, -0.05) is 29.8 Å². The van der Waals surface area contributed by atoms with Gasteiger partial charge >= 0.3 is 5.97 Å². The molecule has 156 valence electrons. The average molecular weight is 436 g/mol. The van der Waals surface area contributed by atoms with Crippen LogP contribution in [-0.2, 0) is 4.79 Å². The zero-order chi connectivity index (χ0) is 22.0. The highest BCUT2D eigenvalue weighted by Gasteiger charge is 2.14. The molecule has 4 aromatic rings. The van der Waals surface area contributed by atoms with Crippen LogP contribution < -0.4 is 10.6 Å². The average Bonchev–Trinajstić information content (AvgIpc) is 2.73. The SMILES string of the molecule is CC(=O)c1ccc2c(c1)nc(Nc1cccc(Cl)c1)c1nc(NCCC(=O)O)ncc12. The van der Waals surface area contributed by atoms with Crippen LogP contribution in [0.1, 0.15) is 23.7 Å². The second kappa shape index (κ2) is 8.53. The molecule has 0 spiro atoms. The van der Waals surface area contributed by atoms with Crippen molar-refractivity contribution in [3.8, 4) is 0 Å². The second-order valence-electron chi connectivity index (χ2n) is 6.91. The Kier molecular flexibility index (Phi) is 5.64. The molecule has 8 nitrogen and oxygen atoms in total. The first-order chi connectivity index (χ1) is 14.9. The van der Waals surface area contributed by atoms with Crippen LogP contribution >= 0.6 is 11.6 Å². The van der Waals surface area contributed by atoms with Crippen molar-refractivity contribution in [3.63, 3.8) is 0 Å². The number of Topliss-reactive ketones (excluding diaryl/α,β-unsaturated/α-hetero) is 1. The highest BCUT2D eigenvalue weighted by molar-refractivity contribution is 6.30. The number of nitrogens with zero attached hydrogens (tertiary/aromatic N) is 3. The molecule has 3 N–H and O–H groups in total. The van der Waals surface area contributed by atoms with E-state index < -0.39 is 5.97 Å². The van der Waals surface area contributed by atoms with Crippen molar-refractivity contribution in [2.24, 2.45) is 0 Å². The number of benzene rings is 2. The van der Waals surface area contributed by atoms with Crippen LogP contribution in [0.15, 0.2) is 48.7 Å². The Bertz CT molecular complexity index is 1330. The van der Waals surface area contributed by atoms with Crippen molar-refractivity contribution < 1.29 is 14.7 Å².